The van der Waals surface area contributed by atoms with E-state index in [0.717, 1.165) is 18.8 Å². The molecule has 0 radical (unpaired) electrons. The number of ether oxygens (including phenoxy) is 2. The highest BCUT2D eigenvalue weighted by atomic mass is 16.6. The van der Waals surface area contributed by atoms with E-state index in [1.54, 1.807) is 30.1 Å². The van der Waals surface area contributed by atoms with Crippen molar-refractivity contribution in [1.29, 1.82) is 0 Å². The molecule has 3 amide bonds. The van der Waals surface area contributed by atoms with Gasteiger partial charge in [0.15, 0.2) is 0 Å². The number of fused-ring (bicyclic) bond motifs is 2. The lowest BCUT2D eigenvalue weighted by atomic mass is 9.78. The second-order valence-electron chi connectivity index (χ2n) is 12.8. The van der Waals surface area contributed by atoms with Gasteiger partial charge in [0.25, 0.3) is 5.91 Å². The zero-order valence-electron chi connectivity index (χ0n) is 27.7. The third kappa shape index (κ3) is 5.90. The van der Waals surface area contributed by atoms with Crippen molar-refractivity contribution in [2.24, 2.45) is 11.8 Å². The SMILES string of the molecule is CCN(CC)c1ccc(N2CC=C[C@@]34O[C@H]5/C=C\CCC(=O)NC[C@H](c6ccccc6)OC(=O)[C@H]5[C@@H]3C(=O)N([C@H](C)CO)[C@H]4C2=O)cc1. The molecule has 6 rings (SSSR count). The van der Waals surface area contributed by atoms with Gasteiger partial charge in [-0.1, -0.05) is 54.6 Å². The number of hydrogen-bond acceptors (Lipinski definition) is 8. The van der Waals surface area contributed by atoms with Gasteiger partial charge in [-0.05, 0) is 57.0 Å². The first-order valence-electron chi connectivity index (χ1n) is 16.9. The molecule has 4 heterocycles. The number of cyclic esters (lactones) is 1. The van der Waals surface area contributed by atoms with E-state index in [1.165, 1.54) is 4.90 Å². The molecule has 0 saturated carbocycles. The number of likely N-dealkylation sites (tertiary alicyclic amines) is 1. The highest BCUT2D eigenvalue weighted by molar-refractivity contribution is 6.05. The molecule has 11 heteroatoms. The maximum atomic E-state index is 14.7. The van der Waals surface area contributed by atoms with Gasteiger partial charge < -0.3 is 34.6 Å². The highest BCUT2D eigenvalue weighted by Crippen LogP contribution is 2.54. The van der Waals surface area contributed by atoms with Gasteiger partial charge in [-0.2, -0.15) is 0 Å². The molecule has 0 aliphatic carbocycles. The molecule has 11 nitrogen and oxygen atoms in total. The molecule has 0 bridgehead atoms. The molecule has 48 heavy (non-hydrogen) atoms. The maximum Gasteiger partial charge on any atom is 0.313 e. The standard InChI is InChI=1S/C37H44N4O7/c1-4-39(5-2)26-16-18-27(19-17-26)40-21-11-20-37-32(34(44)41(24(3)23-42)33(37)35(40)45)31-28(48-37)14-9-10-15-30(43)38-22-29(47-36(31)46)25-12-7-6-8-13-25/h6-9,11-14,16-20,24,28-29,31-33,42H,4-5,10,15,21-23H2,1-3H3,(H,38,43)/b14-9-/t24-,28+,29-,31-,32-,33+,37-/m1/s1. The number of allylic oxidation sites excluding steroid dienone is 1. The van der Waals surface area contributed by atoms with Crippen molar-refractivity contribution in [3.63, 3.8) is 0 Å². The second-order valence-corrected chi connectivity index (χ2v) is 12.8. The number of rotatable bonds is 7. The van der Waals surface area contributed by atoms with Gasteiger partial charge in [-0.3, -0.25) is 19.2 Å². The molecule has 0 unspecified atom stereocenters. The van der Waals surface area contributed by atoms with E-state index in [2.05, 4.69) is 24.1 Å². The van der Waals surface area contributed by atoms with Gasteiger partial charge in [-0.15, -0.1) is 0 Å². The predicted molar refractivity (Wildman–Crippen MR) is 180 cm³/mol. The van der Waals surface area contributed by atoms with E-state index < -0.39 is 53.6 Å². The van der Waals surface area contributed by atoms with Gasteiger partial charge >= 0.3 is 5.97 Å². The Balaban J connectivity index is 1.40. The summed E-state index contributed by atoms with van der Waals surface area (Å²) in [5.74, 6) is -3.81. The van der Waals surface area contributed by atoms with Crippen LogP contribution in [0, 0.1) is 11.8 Å². The van der Waals surface area contributed by atoms with E-state index in [4.69, 9.17) is 9.47 Å². The van der Waals surface area contributed by atoms with Crippen molar-refractivity contribution < 1.29 is 33.8 Å². The quantitative estimate of drug-likeness (QED) is 0.344. The maximum absolute atomic E-state index is 14.7. The van der Waals surface area contributed by atoms with E-state index in [0.29, 0.717) is 17.7 Å². The van der Waals surface area contributed by atoms with Gasteiger partial charge in [0, 0.05) is 37.4 Å². The Kier molecular flexibility index (Phi) is 9.70. The van der Waals surface area contributed by atoms with Crippen molar-refractivity contribution in [3.8, 4) is 0 Å². The first-order chi connectivity index (χ1) is 23.2. The van der Waals surface area contributed by atoms with Crippen LogP contribution in [0.5, 0.6) is 0 Å². The molecule has 2 aromatic carbocycles. The Labute approximate surface area is 281 Å². The Bertz CT molecular complexity index is 1570. The highest BCUT2D eigenvalue weighted by Gasteiger charge is 2.72. The van der Waals surface area contributed by atoms with Crippen LogP contribution in [0.25, 0.3) is 0 Å². The fourth-order valence-corrected chi connectivity index (χ4v) is 7.57. The summed E-state index contributed by atoms with van der Waals surface area (Å²) in [4.78, 5) is 61.3. The lowest BCUT2D eigenvalue weighted by molar-refractivity contribution is -0.160. The molecule has 2 saturated heterocycles. The topological polar surface area (TPSA) is 129 Å². The van der Waals surface area contributed by atoms with Gasteiger partial charge in [0.05, 0.1) is 31.2 Å². The average molecular weight is 657 g/mol. The second kappa shape index (κ2) is 13.9. The summed E-state index contributed by atoms with van der Waals surface area (Å²) in [6.45, 7) is 7.46. The van der Waals surface area contributed by atoms with Crippen LogP contribution in [0.2, 0.25) is 0 Å². The number of hydrogen-bond donors (Lipinski definition) is 2. The number of carbonyl (C=O) groups excluding carboxylic acids is 4. The van der Waals surface area contributed by atoms with Crippen LogP contribution in [0.4, 0.5) is 11.4 Å². The summed E-state index contributed by atoms with van der Waals surface area (Å²) in [7, 11) is 0. The first-order valence-corrected chi connectivity index (χ1v) is 16.9. The van der Waals surface area contributed by atoms with Crippen molar-refractivity contribution in [2.45, 2.75) is 63.5 Å². The summed E-state index contributed by atoms with van der Waals surface area (Å²) in [6, 6.07) is 15.0. The first kappa shape index (κ1) is 33.4. The van der Waals surface area contributed by atoms with Gasteiger partial charge in [-0.25, -0.2) is 0 Å². The molecule has 254 valence electrons. The fourth-order valence-electron chi connectivity index (χ4n) is 7.57. The monoisotopic (exact) mass is 656 g/mol. The number of anilines is 2. The number of esters is 1. The summed E-state index contributed by atoms with van der Waals surface area (Å²) >= 11 is 0. The average Bonchev–Trinajstić information content (AvgIpc) is 3.50. The summed E-state index contributed by atoms with van der Waals surface area (Å²) in [5, 5.41) is 13.1. The van der Waals surface area contributed by atoms with Crippen LogP contribution in [-0.2, 0) is 28.7 Å². The van der Waals surface area contributed by atoms with Crippen LogP contribution in [-0.4, -0.2) is 90.3 Å². The molecular formula is C37H44N4O7. The minimum atomic E-state index is -1.50. The molecule has 4 aliphatic heterocycles. The summed E-state index contributed by atoms with van der Waals surface area (Å²) in [5.41, 5.74) is 0.899. The summed E-state index contributed by atoms with van der Waals surface area (Å²) < 4.78 is 12.9. The Morgan fingerprint density at radius 1 is 1.00 bits per heavy atom. The van der Waals surface area contributed by atoms with Gasteiger partial charge in [0.2, 0.25) is 11.8 Å². The molecule has 2 N–H and O–H groups in total. The smallest absolute Gasteiger partial charge is 0.313 e. The van der Waals surface area contributed by atoms with Crippen LogP contribution in [0.1, 0.15) is 45.3 Å². The molecule has 2 fully saturated rings. The van der Waals surface area contributed by atoms with Crippen LogP contribution in [0.3, 0.4) is 0 Å². The Morgan fingerprint density at radius 3 is 2.42 bits per heavy atom. The Morgan fingerprint density at radius 2 is 1.73 bits per heavy atom. The largest absolute Gasteiger partial charge is 0.455 e. The van der Waals surface area contributed by atoms with E-state index in [1.807, 2.05) is 60.7 Å². The minimum absolute atomic E-state index is 0.0665. The predicted octanol–water partition coefficient (Wildman–Crippen LogP) is 3.15. The summed E-state index contributed by atoms with van der Waals surface area (Å²) in [6.07, 6.45) is 6.00. The Hall–Kier alpha value is -4.48. The lowest BCUT2D eigenvalue weighted by Gasteiger charge is -2.37. The van der Waals surface area contributed by atoms with Crippen LogP contribution >= 0.6 is 0 Å². The lowest BCUT2D eigenvalue weighted by Crippen LogP contribution is -2.57. The number of benzene rings is 2. The number of amides is 3. The molecule has 7 atom stereocenters. The molecule has 2 aromatic rings. The number of nitrogens with zero attached hydrogens (tertiary/aromatic N) is 3. The third-order valence-electron chi connectivity index (χ3n) is 10.0. The van der Waals surface area contributed by atoms with Gasteiger partial charge in [0.1, 0.15) is 23.7 Å². The van der Waals surface area contributed by atoms with Crippen molar-refractivity contribution in [2.75, 3.05) is 42.6 Å². The minimum Gasteiger partial charge on any atom is -0.455 e. The van der Waals surface area contributed by atoms with Crippen molar-refractivity contribution in [1.82, 2.24) is 10.2 Å². The normalized spacial score (nSPS) is 30.2. The van der Waals surface area contributed by atoms with Crippen molar-refractivity contribution in [3.05, 3.63) is 84.5 Å². The number of nitrogens with one attached hydrogen (secondary N) is 1. The van der Waals surface area contributed by atoms with Crippen molar-refractivity contribution >= 4 is 35.1 Å². The molecule has 0 aromatic heterocycles. The zero-order chi connectivity index (χ0) is 34.0. The number of aliphatic hydroxyl groups excluding tert-OH is 1. The number of carbonyl (C=O) groups is 4. The fraction of sp³-hybridized carbons (Fsp3) is 0.459. The third-order valence-corrected chi connectivity index (χ3v) is 10.0. The van der Waals surface area contributed by atoms with Crippen LogP contribution < -0.4 is 15.1 Å². The number of aliphatic hydroxyl groups is 1. The van der Waals surface area contributed by atoms with E-state index >= 15 is 0 Å². The van der Waals surface area contributed by atoms with E-state index in [9.17, 15) is 24.3 Å². The molecule has 1 spiro atoms. The molecule has 4 aliphatic rings. The van der Waals surface area contributed by atoms with Crippen LogP contribution in [0.15, 0.2) is 78.9 Å². The zero-order valence-corrected chi connectivity index (χ0v) is 27.7. The van der Waals surface area contributed by atoms with E-state index in [-0.39, 0.29) is 37.9 Å². The molecular weight excluding hydrogens is 612 g/mol.